The fourth-order valence-corrected chi connectivity index (χ4v) is 5.05. The van der Waals surface area contributed by atoms with Gasteiger partial charge in [-0.05, 0) is 29.2 Å². The Morgan fingerprint density at radius 3 is 1.40 bits per heavy atom. The molecule has 0 aliphatic carbocycles. The number of hydrogen-bond acceptors (Lipinski definition) is 7. The lowest BCUT2D eigenvalue weighted by Gasteiger charge is -2.46. The van der Waals surface area contributed by atoms with Crippen molar-refractivity contribution in [1.82, 2.24) is 0 Å². The standard InChI is InChI=1S/C36H40O7/c1-27(37)42-36-35(41-25-31-20-12-5-13-21-31)34(40-24-30-18-10-4-11-19-30)33(39-23-29-16-8-3-9-17-29)32(43-36)26-38-22-28-14-6-2-7-15-28/h2-21,27,32-37H,22-26H2,1H3/t27?,32-,33+,34+,35-,36?/m1/s1. The number of hydrogen-bond donors (Lipinski definition) is 1. The quantitative estimate of drug-likeness (QED) is 0.171. The summed E-state index contributed by atoms with van der Waals surface area (Å²) < 4.78 is 38.2. The topological polar surface area (TPSA) is 75.6 Å². The van der Waals surface area contributed by atoms with Gasteiger partial charge in [0.15, 0.2) is 12.6 Å². The van der Waals surface area contributed by atoms with Crippen LogP contribution in [0.25, 0.3) is 0 Å². The highest BCUT2D eigenvalue weighted by Gasteiger charge is 2.49. The predicted octanol–water partition coefficient (Wildman–Crippen LogP) is 6.04. The van der Waals surface area contributed by atoms with Crippen LogP contribution in [0.5, 0.6) is 0 Å². The first-order valence-corrected chi connectivity index (χ1v) is 14.7. The van der Waals surface area contributed by atoms with Crippen molar-refractivity contribution < 1.29 is 33.5 Å². The van der Waals surface area contributed by atoms with E-state index in [-0.39, 0.29) is 6.61 Å². The van der Waals surface area contributed by atoms with Gasteiger partial charge in [0.2, 0.25) is 0 Å². The second-order valence-corrected chi connectivity index (χ2v) is 10.6. The molecular formula is C36H40O7. The average Bonchev–Trinajstić information content (AvgIpc) is 3.04. The molecule has 1 aliphatic rings. The summed E-state index contributed by atoms with van der Waals surface area (Å²) in [5.74, 6) is 0. The molecule has 0 saturated carbocycles. The summed E-state index contributed by atoms with van der Waals surface area (Å²) in [4.78, 5) is 0. The normalized spacial score (nSPS) is 22.7. The molecule has 4 aromatic rings. The van der Waals surface area contributed by atoms with Crippen LogP contribution in [0.1, 0.15) is 29.2 Å². The summed E-state index contributed by atoms with van der Waals surface area (Å²) in [6.07, 6.45) is -4.44. The maximum Gasteiger partial charge on any atom is 0.189 e. The van der Waals surface area contributed by atoms with Crippen LogP contribution < -0.4 is 0 Å². The van der Waals surface area contributed by atoms with Gasteiger partial charge < -0.3 is 33.5 Å². The van der Waals surface area contributed by atoms with Crippen LogP contribution in [-0.2, 0) is 54.8 Å². The van der Waals surface area contributed by atoms with Crippen molar-refractivity contribution in [3.05, 3.63) is 144 Å². The molecule has 0 amide bonds. The number of benzene rings is 4. The molecule has 1 fully saturated rings. The number of aliphatic hydroxyl groups excluding tert-OH is 1. The Bertz CT molecular complexity index is 1300. The van der Waals surface area contributed by atoms with Gasteiger partial charge in [-0.3, -0.25) is 0 Å². The molecule has 0 radical (unpaired) electrons. The summed E-state index contributed by atoms with van der Waals surface area (Å²) in [6, 6.07) is 39.8. The highest BCUT2D eigenvalue weighted by atomic mass is 16.8. The van der Waals surface area contributed by atoms with E-state index in [0.717, 1.165) is 22.3 Å². The summed E-state index contributed by atoms with van der Waals surface area (Å²) >= 11 is 0. The van der Waals surface area contributed by atoms with E-state index in [1.54, 1.807) is 6.92 Å². The maximum absolute atomic E-state index is 10.3. The van der Waals surface area contributed by atoms with Gasteiger partial charge in [-0.25, -0.2) is 0 Å². The van der Waals surface area contributed by atoms with E-state index in [4.69, 9.17) is 28.4 Å². The zero-order chi connectivity index (χ0) is 29.7. The zero-order valence-corrected chi connectivity index (χ0v) is 24.4. The van der Waals surface area contributed by atoms with Gasteiger partial charge in [0.25, 0.3) is 0 Å². The molecule has 6 atom stereocenters. The van der Waals surface area contributed by atoms with Gasteiger partial charge in [-0.15, -0.1) is 0 Å². The van der Waals surface area contributed by atoms with Crippen LogP contribution in [0.15, 0.2) is 121 Å². The summed E-state index contributed by atoms with van der Waals surface area (Å²) in [5, 5.41) is 10.3. The highest BCUT2D eigenvalue weighted by Crippen LogP contribution is 2.32. The summed E-state index contributed by atoms with van der Waals surface area (Å²) in [7, 11) is 0. The predicted molar refractivity (Wildman–Crippen MR) is 163 cm³/mol. The summed E-state index contributed by atoms with van der Waals surface area (Å²) in [6.45, 7) is 3.18. The van der Waals surface area contributed by atoms with Crippen LogP contribution in [0.3, 0.4) is 0 Å². The van der Waals surface area contributed by atoms with E-state index in [9.17, 15) is 5.11 Å². The SMILES string of the molecule is CC(O)OC1O[C@H](COCc2ccccc2)[C@H](OCc2ccccc2)[C@H](OCc2ccccc2)[C@H]1OCc1ccccc1. The largest absolute Gasteiger partial charge is 0.374 e. The molecule has 7 heteroatoms. The molecule has 1 N–H and O–H groups in total. The first-order valence-electron chi connectivity index (χ1n) is 14.7. The molecule has 1 saturated heterocycles. The van der Waals surface area contributed by atoms with Crippen molar-refractivity contribution >= 4 is 0 Å². The first-order chi connectivity index (χ1) is 21.2. The van der Waals surface area contributed by atoms with Crippen molar-refractivity contribution in [3.8, 4) is 0 Å². The molecule has 43 heavy (non-hydrogen) atoms. The minimum Gasteiger partial charge on any atom is -0.374 e. The Labute approximate surface area is 253 Å². The maximum atomic E-state index is 10.3. The number of rotatable bonds is 15. The third-order valence-corrected chi connectivity index (χ3v) is 7.17. The Balaban J connectivity index is 1.42. The van der Waals surface area contributed by atoms with E-state index in [2.05, 4.69) is 0 Å². The molecule has 0 spiro atoms. The molecule has 0 aromatic heterocycles. The minimum absolute atomic E-state index is 0.227. The average molecular weight is 585 g/mol. The van der Waals surface area contributed by atoms with Crippen molar-refractivity contribution in [2.24, 2.45) is 0 Å². The molecule has 5 rings (SSSR count). The van der Waals surface area contributed by atoms with Gasteiger partial charge in [0.1, 0.15) is 24.4 Å². The van der Waals surface area contributed by atoms with Gasteiger partial charge >= 0.3 is 0 Å². The second-order valence-electron chi connectivity index (χ2n) is 10.6. The fourth-order valence-electron chi connectivity index (χ4n) is 5.05. The van der Waals surface area contributed by atoms with E-state index in [0.29, 0.717) is 26.4 Å². The molecule has 1 aliphatic heterocycles. The lowest BCUT2D eigenvalue weighted by Crippen LogP contribution is -2.62. The Kier molecular flexibility index (Phi) is 11.9. The molecule has 1 heterocycles. The molecule has 4 aromatic carbocycles. The van der Waals surface area contributed by atoms with Crippen molar-refractivity contribution in [3.63, 3.8) is 0 Å². The molecule has 7 nitrogen and oxygen atoms in total. The van der Waals surface area contributed by atoms with Gasteiger partial charge in [-0.2, -0.15) is 0 Å². The Morgan fingerprint density at radius 1 is 0.558 bits per heavy atom. The minimum atomic E-state index is -1.09. The van der Waals surface area contributed by atoms with Crippen LogP contribution in [0.2, 0.25) is 0 Å². The third-order valence-electron chi connectivity index (χ3n) is 7.17. The second kappa shape index (κ2) is 16.4. The molecule has 2 unspecified atom stereocenters. The fraction of sp³-hybridized carbons (Fsp3) is 0.333. The lowest BCUT2D eigenvalue weighted by molar-refractivity contribution is -0.349. The van der Waals surface area contributed by atoms with Gasteiger partial charge in [-0.1, -0.05) is 121 Å². The lowest BCUT2D eigenvalue weighted by atomic mass is 9.97. The van der Waals surface area contributed by atoms with E-state index in [1.165, 1.54) is 0 Å². The third kappa shape index (κ3) is 9.55. The Hall–Kier alpha value is -3.40. The molecule has 0 bridgehead atoms. The van der Waals surface area contributed by atoms with E-state index in [1.807, 2.05) is 121 Å². The molecular weight excluding hydrogens is 544 g/mol. The van der Waals surface area contributed by atoms with Crippen LogP contribution in [0.4, 0.5) is 0 Å². The Morgan fingerprint density at radius 2 is 0.953 bits per heavy atom. The van der Waals surface area contributed by atoms with Crippen molar-refractivity contribution in [2.45, 2.75) is 70.3 Å². The highest BCUT2D eigenvalue weighted by molar-refractivity contribution is 5.16. The zero-order valence-electron chi connectivity index (χ0n) is 24.4. The number of ether oxygens (including phenoxy) is 6. The van der Waals surface area contributed by atoms with E-state index >= 15 is 0 Å². The molecule has 226 valence electrons. The smallest absolute Gasteiger partial charge is 0.189 e. The first kappa shape index (κ1) is 31.0. The van der Waals surface area contributed by atoms with E-state index < -0.39 is 37.0 Å². The van der Waals surface area contributed by atoms with Crippen molar-refractivity contribution in [1.29, 1.82) is 0 Å². The monoisotopic (exact) mass is 584 g/mol. The van der Waals surface area contributed by atoms with Crippen molar-refractivity contribution in [2.75, 3.05) is 6.61 Å². The summed E-state index contributed by atoms with van der Waals surface area (Å²) in [5.41, 5.74) is 4.09. The number of aliphatic hydroxyl groups is 1. The van der Waals surface area contributed by atoms with Crippen LogP contribution >= 0.6 is 0 Å². The van der Waals surface area contributed by atoms with Crippen LogP contribution in [0, 0.1) is 0 Å². The van der Waals surface area contributed by atoms with Gasteiger partial charge in [0.05, 0.1) is 33.0 Å². The van der Waals surface area contributed by atoms with Crippen LogP contribution in [-0.4, -0.2) is 48.7 Å². The van der Waals surface area contributed by atoms with Gasteiger partial charge in [0, 0.05) is 0 Å².